The molecule has 1 aliphatic heterocycles. The molecule has 1 aliphatic carbocycles. The van der Waals surface area contributed by atoms with Crippen LogP contribution in [0.3, 0.4) is 0 Å². The molecule has 2 N–H and O–H groups in total. The van der Waals surface area contributed by atoms with Crippen molar-refractivity contribution in [2.24, 2.45) is 0 Å². The van der Waals surface area contributed by atoms with Gasteiger partial charge in [-0.1, -0.05) is 12.1 Å². The van der Waals surface area contributed by atoms with Crippen molar-refractivity contribution in [2.45, 2.75) is 18.9 Å². The molecule has 7 nitrogen and oxygen atoms in total. The molecule has 31 heavy (non-hydrogen) atoms. The van der Waals surface area contributed by atoms with Gasteiger partial charge < -0.3 is 20.3 Å². The number of carbonyl (C=O) groups is 1. The van der Waals surface area contributed by atoms with Crippen LogP contribution in [-0.2, 0) is 4.74 Å². The van der Waals surface area contributed by atoms with E-state index in [1.165, 1.54) is 5.69 Å². The van der Waals surface area contributed by atoms with Crippen LogP contribution in [-0.4, -0.2) is 48.2 Å². The van der Waals surface area contributed by atoms with Gasteiger partial charge in [0, 0.05) is 47.7 Å². The summed E-state index contributed by atoms with van der Waals surface area (Å²) in [6.45, 7) is 3.39. The van der Waals surface area contributed by atoms with E-state index in [9.17, 15) is 4.79 Å². The number of hydrogen-bond acceptors (Lipinski definition) is 6. The number of ether oxygens (including phenoxy) is 1. The van der Waals surface area contributed by atoms with E-state index in [1.54, 1.807) is 6.33 Å². The Kier molecular flexibility index (Phi) is 5.50. The molecule has 2 aliphatic rings. The van der Waals surface area contributed by atoms with E-state index in [0.29, 0.717) is 11.6 Å². The molecule has 0 bridgehead atoms. The lowest BCUT2D eigenvalue weighted by Gasteiger charge is -2.28. The SMILES string of the molecule is O=C(NC1CC1)c1ccc(-c2cc(Nc3ccc(N4CCOCC4)cc3)ncn2)cc1. The highest BCUT2D eigenvalue weighted by Crippen LogP contribution is 2.24. The van der Waals surface area contributed by atoms with E-state index in [4.69, 9.17) is 4.74 Å². The van der Waals surface area contributed by atoms with Crippen molar-refractivity contribution in [2.75, 3.05) is 36.5 Å². The quantitative estimate of drug-likeness (QED) is 0.640. The minimum absolute atomic E-state index is 0.0142. The zero-order valence-corrected chi connectivity index (χ0v) is 17.3. The summed E-state index contributed by atoms with van der Waals surface area (Å²) in [6.07, 6.45) is 3.71. The van der Waals surface area contributed by atoms with Crippen LogP contribution in [0, 0.1) is 0 Å². The van der Waals surface area contributed by atoms with Gasteiger partial charge in [-0.2, -0.15) is 0 Å². The number of hydrogen-bond donors (Lipinski definition) is 2. The number of nitrogens with zero attached hydrogens (tertiary/aromatic N) is 3. The van der Waals surface area contributed by atoms with Crippen LogP contribution in [0.25, 0.3) is 11.3 Å². The zero-order valence-electron chi connectivity index (χ0n) is 17.3. The zero-order chi connectivity index (χ0) is 21.0. The third-order valence-corrected chi connectivity index (χ3v) is 5.54. The van der Waals surface area contributed by atoms with Crippen LogP contribution in [0.1, 0.15) is 23.2 Å². The summed E-state index contributed by atoms with van der Waals surface area (Å²) in [4.78, 5) is 23.2. The third kappa shape index (κ3) is 4.83. The molecule has 0 unspecified atom stereocenters. The summed E-state index contributed by atoms with van der Waals surface area (Å²) in [5.41, 5.74) is 4.58. The van der Waals surface area contributed by atoms with Gasteiger partial charge in [-0.15, -0.1) is 0 Å². The first-order valence-corrected chi connectivity index (χ1v) is 10.7. The van der Waals surface area contributed by atoms with Gasteiger partial charge in [-0.25, -0.2) is 9.97 Å². The highest BCUT2D eigenvalue weighted by Gasteiger charge is 2.23. The first-order valence-electron chi connectivity index (χ1n) is 10.7. The number of rotatable bonds is 6. The molecular weight excluding hydrogens is 390 g/mol. The number of aromatic nitrogens is 2. The Morgan fingerprint density at radius 2 is 1.71 bits per heavy atom. The molecule has 3 aromatic rings. The van der Waals surface area contributed by atoms with Crippen molar-refractivity contribution in [3.05, 3.63) is 66.5 Å². The Labute approximate surface area is 181 Å². The normalized spacial score (nSPS) is 16.1. The number of benzene rings is 2. The molecule has 158 valence electrons. The topological polar surface area (TPSA) is 79.4 Å². The average molecular weight is 415 g/mol. The Morgan fingerprint density at radius 1 is 0.968 bits per heavy atom. The van der Waals surface area contributed by atoms with Crippen molar-refractivity contribution in [3.63, 3.8) is 0 Å². The maximum absolute atomic E-state index is 12.2. The smallest absolute Gasteiger partial charge is 0.251 e. The standard InChI is InChI=1S/C24H25N5O2/c30-24(28-20-5-6-20)18-3-1-17(2-4-18)22-15-23(26-16-25-22)27-19-7-9-21(10-8-19)29-11-13-31-14-12-29/h1-4,7-10,15-16,20H,5-6,11-14H2,(H,28,30)(H,25,26,27). The first-order chi connectivity index (χ1) is 15.2. The highest BCUT2D eigenvalue weighted by atomic mass is 16.5. The van der Waals surface area contributed by atoms with Crippen LogP contribution in [0.15, 0.2) is 60.9 Å². The predicted octanol–water partition coefficient (Wildman–Crippen LogP) is 3.62. The molecule has 2 fully saturated rings. The number of anilines is 3. The summed E-state index contributed by atoms with van der Waals surface area (Å²) in [6, 6.07) is 18.1. The summed E-state index contributed by atoms with van der Waals surface area (Å²) in [5, 5.41) is 6.35. The van der Waals surface area contributed by atoms with Gasteiger partial charge in [0.05, 0.1) is 18.9 Å². The van der Waals surface area contributed by atoms with Gasteiger partial charge >= 0.3 is 0 Å². The first kappa shape index (κ1) is 19.5. The molecule has 5 rings (SSSR count). The molecule has 0 radical (unpaired) electrons. The van der Waals surface area contributed by atoms with Gasteiger partial charge in [0.2, 0.25) is 0 Å². The molecule has 7 heteroatoms. The highest BCUT2D eigenvalue weighted by molar-refractivity contribution is 5.95. The summed E-state index contributed by atoms with van der Waals surface area (Å²) >= 11 is 0. The van der Waals surface area contributed by atoms with E-state index >= 15 is 0 Å². The second kappa shape index (κ2) is 8.73. The molecule has 1 amide bonds. The molecule has 2 heterocycles. The fourth-order valence-electron chi connectivity index (χ4n) is 3.60. The molecule has 0 atom stereocenters. The van der Waals surface area contributed by atoms with Gasteiger partial charge in [0.15, 0.2) is 0 Å². The van der Waals surface area contributed by atoms with Gasteiger partial charge in [-0.05, 0) is 49.2 Å². The average Bonchev–Trinajstić information content (AvgIpc) is 3.64. The number of morpholine rings is 1. The molecular formula is C24H25N5O2. The lowest BCUT2D eigenvalue weighted by atomic mass is 10.1. The van der Waals surface area contributed by atoms with Crippen molar-refractivity contribution in [1.82, 2.24) is 15.3 Å². The summed E-state index contributed by atoms with van der Waals surface area (Å²) in [7, 11) is 0. The Hall–Kier alpha value is -3.45. The third-order valence-electron chi connectivity index (χ3n) is 5.54. The van der Waals surface area contributed by atoms with Crippen molar-refractivity contribution in [3.8, 4) is 11.3 Å². The van der Waals surface area contributed by atoms with Crippen LogP contribution in [0.2, 0.25) is 0 Å². The molecule has 2 aromatic carbocycles. The minimum atomic E-state index is -0.0142. The minimum Gasteiger partial charge on any atom is -0.378 e. The van der Waals surface area contributed by atoms with Gasteiger partial charge in [-0.3, -0.25) is 4.79 Å². The lowest BCUT2D eigenvalue weighted by molar-refractivity contribution is 0.0951. The maximum Gasteiger partial charge on any atom is 0.251 e. The van der Waals surface area contributed by atoms with Crippen molar-refractivity contribution in [1.29, 1.82) is 0 Å². The van der Waals surface area contributed by atoms with E-state index in [1.807, 2.05) is 30.3 Å². The second-order valence-corrected chi connectivity index (χ2v) is 7.88. The lowest BCUT2D eigenvalue weighted by Crippen LogP contribution is -2.36. The number of carbonyl (C=O) groups excluding carboxylic acids is 1. The van der Waals surface area contributed by atoms with Gasteiger partial charge in [0.25, 0.3) is 5.91 Å². The number of amides is 1. The number of nitrogens with one attached hydrogen (secondary N) is 2. The van der Waals surface area contributed by atoms with Crippen LogP contribution >= 0.6 is 0 Å². The molecule has 1 aromatic heterocycles. The van der Waals surface area contributed by atoms with E-state index in [2.05, 4.69) is 49.8 Å². The van der Waals surface area contributed by atoms with Crippen LogP contribution in [0.5, 0.6) is 0 Å². The van der Waals surface area contributed by atoms with E-state index < -0.39 is 0 Å². The second-order valence-electron chi connectivity index (χ2n) is 7.88. The molecule has 1 saturated carbocycles. The Balaban J connectivity index is 1.26. The van der Waals surface area contributed by atoms with Crippen molar-refractivity contribution < 1.29 is 9.53 Å². The Bertz CT molecular complexity index is 1040. The van der Waals surface area contributed by atoms with E-state index in [-0.39, 0.29) is 5.91 Å². The van der Waals surface area contributed by atoms with Gasteiger partial charge in [0.1, 0.15) is 12.1 Å². The van der Waals surface area contributed by atoms with Crippen LogP contribution < -0.4 is 15.5 Å². The van der Waals surface area contributed by atoms with Crippen LogP contribution in [0.4, 0.5) is 17.2 Å². The van der Waals surface area contributed by atoms with E-state index in [0.717, 1.165) is 61.9 Å². The fourth-order valence-corrected chi connectivity index (χ4v) is 3.60. The summed E-state index contributed by atoms with van der Waals surface area (Å²) in [5.74, 6) is 0.708. The molecule has 1 saturated heterocycles. The molecule has 0 spiro atoms. The monoisotopic (exact) mass is 415 g/mol. The predicted molar refractivity (Wildman–Crippen MR) is 121 cm³/mol. The summed E-state index contributed by atoms with van der Waals surface area (Å²) < 4.78 is 5.42. The van der Waals surface area contributed by atoms with Crippen molar-refractivity contribution >= 4 is 23.1 Å². The Morgan fingerprint density at radius 3 is 2.42 bits per heavy atom. The fraction of sp³-hybridized carbons (Fsp3) is 0.292. The maximum atomic E-state index is 12.2. The largest absolute Gasteiger partial charge is 0.378 e.